The van der Waals surface area contributed by atoms with Crippen molar-refractivity contribution >= 4 is 0 Å². The first kappa shape index (κ1) is 11.6. The molecular weight excluding hydrogens is 205 g/mol. The summed E-state index contributed by atoms with van der Waals surface area (Å²) in [5, 5.41) is 8.78. The molecule has 0 atom stereocenters. The van der Waals surface area contributed by atoms with Crippen LogP contribution in [0.1, 0.15) is 24.0 Å². The van der Waals surface area contributed by atoms with Gasteiger partial charge in [0.1, 0.15) is 5.82 Å². The lowest BCUT2D eigenvalue weighted by Crippen LogP contribution is -2.19. The van der Waals surface area contributed by atoms with Crippen molar-refractivity contribution in [1.82, 2.24) is 4.90 Å². The van der Waals surface area contributed by atoms with Crippen LogP contribution in [0.3, 0.4) is 0 Å². The molecule has 0 unspecified atom stereocenters. The summed E-state index contributed by atoms with van der Waals surface area (Å²) >= 11 is 0. The van der Waals surface area contributed by atoms with Gasteiger partial charge < -0.3 is 5.11 Å². The van der Waals surface area contributed by atoms with Gasteiger partial charge in [-0.25, -0.2) is 4.39 Å². The maximum Gasteiger partial charge on any atom is 0.127 e. The molecule has 0 bridgehead atoms. The van der Waals surface area contributed by atoms with E-state index < -0.39 is 0 Å². The van der Waals surface area contributed by atoms with Crippen LogP contribution in [0.5, 0.6) is 0 Å². The number of aliphatic hydroxyl groups excluding tert-OH is 1. The van der Waals surface area contributed by atoms with Gasteiger partial charge in [0.15, 0.2) is 0 Å². The van der Waals surface area contributed by atoms with E-state index in [1.165, 1.54) is 12.8 Å². The van der Waals surface area contributed by atoms with Gasteiger partial charge in [0.2, 0.25) is 0 Å². The molecule has 16 heavy (non-hydrogen) atoms. The second kappa shape index (κ2) is 5.41. The summed E-state index contributed by atoms with van der Waals surface area (Å²) in [6, 6.07) is 5.30. The quantitative estimate of drug-likeness (QED) is 0.843. The number of nitrogens with zero attached hydrogens (tertiary/aromatic N) is 1. The van der Waals surface area contributed by atoms with Gasteiger partial charge >= 0.3 is 0 Å². The molecule has 1 fully saturated rings. The van der Waals surface area contributed by atoms with Gasteiger partial charge in [-0.2, -0.15) is 0 Å². The predicted molar refractivity (Wildman–Crippen MR) is 61.7 cm³/mol. The number of aliphatic hydroxyl groups is 1. The summed E-state index contributed by atoms with van der Waals surface area (Å²) in [5.74, 6) is -0.141. The molecule has 0 spiro atoms. The van der Waals surface area contributed by atoms with Crippen LogP contribution >= 0.6 is 0 Å². The smallest absolute Gasteiger partial charge is 0.127 e. The van der Waals surface area contributed by atoms with Crippen molar-refractivity contribution < 1.29 is 9.50 Å². The van der Waals surface area contributed by atoms with E-state index in [4.69, 9.17) is 5.11 Å². The summed E-state index contributed by atoms with van der Waals surface area (Å²) < 4.78 is 13.7. The summed E-state index contributed by atoms with van der Waals surface area (Å²) in [7, 11) is 0. The Labute approximate surface area is 95.7 Å². The molecular formula is C13H18FNO. The van der Waals surface area contributed by atoms with E-state index in [1.54, 1.807) is 6.07 Å². The van der Waals surface area contributed by atoms with E-state index >= 15 is 0 Å². The summed E-state index contributed by atoms with van der Waals surface area (Å²) in [6.45, 7) is 2.95. The Morgan fingerprint density at radius 3 is 2.62 bits per heavy atom. The highest BCUT2D eigenvalue weighted by Gasteiger charge is 2.13. The molecule has 1 heterocycles. The van der Waals surface area contributed by atoms with Crippen molar-refractivity contribution in [1.29, 1.82) is 0 Å². The molecule has 1 aromatic carbocycles. The van der Waals surface area contributed by atoms with Crippen molar-refractivity contribution in [2.75, 3.05) is 19.7 Å². The maximum absolute atomic E-state index is 13.7. The number of hydrogen-bond acceptors (Lipinski definition) is 2. The maximum atomic E-state index is 13.7. The van der Waals surface area contributed by atoms with Crippen molar-refractivity contribution in [3.63, 3.8) is 0 Å². The first-order chi connectivity index (χ1) is 7.79. The summed E-state index contributed by atoms with van der Waals surface area (Å²) in [5.41, 5.74) is 1.63. The Morgan fingerprint density at radius 2 is 2.00 bits per heavy atom. The first-order valence-electron chi connectivity index (χ1n) is 5.90. The second-order valence-corrected chi connectivity index (χ2v) is 4.38. The van der Waals surface area contributed by atoms with Gasteiger partial charge in [-0.05, 0) is 44.0 Å². The third-order valence-electron chi connectivity index (χ3n) is 3.11. The lowest BCUT2D eigenvalue weighted by molar-refractivity contribution is 0.299. The third-order valence-corrected chi connectivity index (χ3v) is 3.11. The van der Waals surface area contributed by atoms with E-state index in [1.807, 2.05) is 12.1 Å². The standard InChI is InChI=1S/C13H18FNO/c14-13-9-11(5-8-16)3-4-12(13)10-15-6-1-2-7-15/h3-4,9,16H,1-2,5-8,10H2. The molecule has 0 radical (unpaired) electrons. The number of likely N-dealkylation sites (tertiary alicyclic amines) is 1. The molecule has 2 nitrogen and oxygen atoms in total. The van der Waals surface area contributed by atoms with Gasteiger partial charge in [0, 0.05) is 18.7 Å². The number of benzene rings is 1. The lowest BCUT2D eigenvalue weighted by Gasteiger charge is -2.15. The van der Waals surface area contributed by atoms with Gasteiger partial charge in [0.25, 0.3) is 0 Å². The molecule has 1 saturated heterocycles. The first-order valence-corrected chi connectivity index (χ1v) is 5.90. The zero-order valence-electron chi connectivity index (χ0n) is 9.45. The fourth-order valence-corrected chi connectivity index (χ4v) is 2.19. The molecule has 3 heteroatoms. The number of halogens is 1. The highest BCUT2D eigenvalue weighted by molar-refractivity contribution is 5.24. The van der Waals surface area contributed by atoms with E-state index in [-0.39, 0.29) is 12.4 Å². The van der Waals surface area contributed by atoms with Crippen LogP contribution < -0.4 is 0 Å². The fourth-order valence-electron chi connectivity index (χ4n) is 2.19. The van der Waals surface area contributed by atoms with E-state index in [0.717, 1.165) is 24.2 Å². The second-order valence-electron chi connectivity index (χ2n) is 4.38. The molecule has 0 saturated carbocycles. The summed E-state index contributed by atoms with van der Waals surface area (Å²) in [6.07, 6.45) is 2.98. The minimum atomic E-state index is -0.141. The van der Waals surface area contributed by atoms with Crippen molar-refractivity contribution in [3.8, 4) is 0 Å². The molecule has 0 amide bonds. The van der Waals surface area contributed by atoms with Gasteiger partial charge in [-0.1, -0.05) is 12.1 Å². The van der Waals surface area contributed by atoms with Crippen molar-refractivity contribution in [3.05, 3.63) is 35.1 Å². The molecule has 1 N–H and O–H groups in total. The highest BCUT2D eigenvalue weighted by atomic mass is 19.1. The van der Waals surface area contributed by atoms with Crippen LogP contribution in [-0.2, 0) is 13.0 Å². The SMILES string of the molecule is OCCc1ccc(CN2CCCC2)c(F)c1. The summed E-state index contributed by atoms with van der Waals surface area (Å²) in [4.78, 5) is 2.28. The Hall–Kier alpha value is -0.930. The third kappa shape index (κ3) is 2.80. The van der Waals surface area contributed by atoms with Crippen molar-refractivity contribution in [2.24, 2.45) is 0 Å². The van der Waals surface area contributed by atoms with Gasteiger partial charge in [-0.15, -0.1) is 0 Å². The van der Waals surface area contributed by atoms with Crippen LogP contribution in [-0.4, -0.2) is 29.7 Å². The van der Waals surface area contributed by atoms with Crippen LogP contribution in [0.15, 0.2) is 18.2 Å². The molecule has 1 aliphatic heterocycles. The molecule has 1 aliphatic rings. The van der Waals surface area contributed by atoms with Crippen LogP contribution in [0.25, 0.3) is 0 Å². The Balaban J connectivity index is 2.03. The normalized spacial score (nSPS) is 16.9. The molecule has 2 rings (SSSR count). The minimum Gasteiger partial charge on any atom is -0.396 e. The zero-order valence-corrected chi connectivity index (χ0v) is 9.45. The Bertz CT molecular complexity index is 348. The largest absolute Gasteiger partial charge is 0.396 e. The van der Waals surface area contributed by atoms with Gasteiger partial charge in [0.05, 0.1) is 0 Å². The molecule has 0 aromatic heterocycles. The molecule has 88 valence electrons. The van der Waals surface area contributed by atoms with Gasteiger partial charge in [-0.3, -0.25) is 4.90 Å². The van der Waals surface area contributed by atoms with E-state index in [0.29, 0.717) is 13.0 Å². The van der Waals surface area contributed by atoms with E-state index in [9.17, 15) is 4.39 Å². The number of rotatable bonds is 4. The topological polar surface area (TPSA) is 23.5 Å². The highest BCUT2D eigenvalue weighted by Crippen LogP contribution is 2.16. The predicted octanol–water partition coefficient (Wildman–Crippen LogP) is 1.96. The van der Waals surface area contributed by atoms with Crippen molar-refractivity contribution in [2.45, 2.75) is 25.8 Å². The fraction of sp³-hybridized carbons (Fsp3) is 0.538. The average molecular weight is 223 g/mol. The lowest BCUT2D eigenvalue weighted by atomic mass is 10.1. The van der Waals surface area contributed by atoms with Crippen LogP contribution in [0.2, 0.25) is 0 Å². The average Bonchev–Trinajstić information content (AvgIpc) is 2.75. The van der Waals surface area contributed by atoms with Crippen LogP contribution in [0, 0.1) is 5.82 Å². The molecule has 0 aliphatic carbocycles. The Morgan fingerprint density at radius 1 is 1.25 bits per heavy atom. The zero-order chi connectivity index (χ0) is 11.4. The molecule has 1 aromatic rings. The van der Waals surface area contributed by atoms with Crippen LogP contribution in [0.4, 0.5) is 4.39 Å². The minimum absolute atomic E-state index is 0.0743. The monoisotopic (exact) mass is 223 g/mol. The Kier molecular flexibility index (Phi) is 3.91. The number of hydrogen-bond donors (Lipinski definition) is 1. The van der Waals surface area contributed by atoms with E-state index in [2.05, 4.69) is 4.90 Å².